The number of rotatable bonds is 7. The molecule has 2 heterocycles. The third-order valence-corrected chi connectivity index (χ3v) is 7.71. The lowest BCUT2D eigenvalue weighted by Crippen LogP contribution is -2.64. The van der Waals surface area contributed by atoms with E-state index in [1.165, 1.54) is 19.2 Å². The Kier molecular flexibility index (Phi) is 7.89. The Bertz CT molecular complexity index is 1330. The zero-order valence-electron chi connectivity index (χ0n) is 20.8. The van der Waals surface area contributed by atoms with Gasteiger partial charge in [0.05, 0.1) is 17.1 Å². The van der Waals surface area contributed by atoms with Crippen LogP contribution in [-0.4, -0.2) is 58.8 Å². The van der Waals surface area contributed by atoms with Crippen molar-refractivity contribution in [1.82, 2.24) is 0 Å². The van der Waals surface area contributed by atoms with Crippen LogP contribution in [0.1, 0.15) is 27.8 Å². The van der Waals surface area contributed by atoms with Crippen molar-refractivity contribution in [2.75, 3.05) is 13.7 Å². The molecule has 0 aromatic heterocycles. The number of ether oxygens (including phenoxy) is 5. The van der Waals surface area contributed by atoms with Gasteiger partial charge in [0.2, 0.25) is 0 Å². The van der Waals surface area contributed by atoms with E-state index >= 15 is 0 Å². The smallest absolute Gasteiger partial charge is 0.338 e. The van der Waals surface area contributed by atoms with Crippen LogP contribution < -0.4 is 0 Å². The first kappa shape index (κ1) is 26.5. The molecule has 3 aromatic carbocycles. The Hall–Kier alpha value is -3.12. The molecule has 5 rings (SSSR count). The van der Waals surface area contributed by atoms with Crippen molar-refractivity contribution in [3.05, 3.63) is 102 Å². The fourth-order valence-electron chi connectivity index (χ4n) is 4.42. The zero-order valence-corrected chi connectivity index (χ0v) is 21.7. The number of carbonyl (C=O) groups excluding carboxylic acids is 1. The highest BCUT2D eigenvalue weighted by Crippen LogP contribution is 2.38. The summed E-state index contributed by atoms with van der Waals surface area (Å²) in [6, 6.07) is 23.8. The Labute approximate surface area is 221 Å². The maximum Gasteiger partial charge on any atom is 0.338 e. The van der Waals surface area contributed by atoms with Gasteiger partial charge in [-0.05, 0) is 31.2 Å². The summed E-state index contributed by atoms with van der Waals surface area (Å²) in [5.74, 6) is -0.687. The summed E-state index contributed by atoms with van der Waals surface area (Å²) >= 11 is 0. The largest absolute Gasteiger partial charge is 0.450 e. The van der Waals surface area contributed by atoms with E-state index in [9.17, 15) is 13.2 Å². The van der Waals surface area contributed by atoms with Crippen LogP contribution in [0.2, 0.25) is 0 Å². The van der Waals surface area contributed by atoms with E-state index in [1.807, 2.05) is 37.3 Å². The summed E-state index contributed by atoms with van der Waals surface area (Å²) in [6.45, 7) is 1.93. The van der Waals surface area contributed by atoms with E-state index in [0.29, 0.717) is 0 Å². The Balaban J connectivity index is 1.50. The molecule has 0 spiro atoms. The lowest BCUT2D eigenvalue weighted by atomic mass is 9.97. The van der Waals surface area contributed by atoms with Crippen LogP contribution >= 0.6 is 0 Å². The van der Waals surface area contributed by atoms with Gasteiger partial charge < -0.3 is 23.7 Å². The Morgan fingerprint density at radius 1 is 0.868 bits per heavy atom. The summed E-state index contributed by atoms with van der Waals surface area (Å²) in [7, 11) is -2.93. The van der Waals surface area contributed by atoms with E-state index in [4.69, 9.17) is 27.9 Å². The average Bonchev–Trinajstić information content (AvgIpc) is 2.95. The van der Waals surface area contributed by atoms with Crippen molar-refractivity contribution < 1.29 is 41.1 Å². The van der Waals surface area contributed by atoms with Crippen LogP contribution in [0, 0.1) is 6.92 Å². The molecule has 2 aliphatic heterocycles. The van der Waals surface area contributed by atoms with E-state index in [1.54, 1.807) is 42.5 Å². The number of aryl methyl sites for hydroxylation is 1. The second-order valence-corrected chi connectivity index (χ2v) is 10.6. The average molecular weight is 541 g/mol. The monoisotopic (exact) mass is 540 g/mol. The molecule has 9 nitrogen and oxygen atoms in total. The van der Waals surface area contributed by atoms with Crippen molar-refractivity contribution >= 4 is 16.1 Å². The minimum atomic E-state index is -4.30. The third-order valence-electron chi connectivity index (χ3n) is 6.39. The van der Waals surface area contributed by atoms with Crippen LogP contribution in [0.3, 0.4) is 0 Å². The normalized spacial score (nSPS) is 27.3. The lowest BCUT2D eigenvalue weighted by Gasteiger charge is -2.47. The van der Waals surface area contributed by atoms with Gasteiger partial charge in [-0.2, -0.15) is 8.42 Å². The summed E-state index contributed by atoms with van der Waals surface area (Å²) < 4.78 is 62.0. The van der Waals surface area contributed by atoms with Crippen molar-refractivity contribution in [3.63, 3.8) is 0 Å². The van der Waals surface area contributed by atoms with Gasteiger partial charge in [-0.25, -0.2) is 4.79 Å². The number of hydrogen-bond acceptors (Lipinski definition) is 9. The van der Waals surface area contributed by atoms with Crippen LogP contribution in [-0.2, 0) is 38.0 Å². The molecule has 0 unspecified atom stereocenters. The van der Waals surface area contributed by atoms with Crippen LogP contribution in [0.4, 0.5) is 0 Å². The predicted octanol–water partition coefficient (Wildman–Crippen LogP) is 3.78. The summed E-state index contributed by atoms with van der Waals surface area (Å²) in [4.78, 5) is 13.0. The summed E-state index contributed by atoms with van der Waals surface area (Å²) in [5, 5.41) is 0. The maximum absolute atomic E-state index is 13.4. The van der Waals surface area contributed by atoms with Crippen molar-refractivity contribution in [1.29, 1.82) is 0 Å². The number of carbonyl (C=O) groups is 1. The fraction of sp³-hybridized carbons (Fsp3) is 0.321. The second-order valence-electron chi connectivity index (χ2n) is 9.02. The van der Waals surface area contributed by atoms with Crippen molar-refractivity contribution in [2.45, 2.75) is 48.8 Å². The van der Waals surface area contributed by atoms with Gasteiger partial charge in [-0.1, -0.05) is 66.2 Å². The van der Waals surface area contributed by atoms with E-state index in [2.05, 4.69) is 0 Å². The van der Waals surface area contributed by atoms with E-state index in [-0.39, 0.29) is 17.1 Å². The highest BCUT2D eigenvalue weighted by molar-refractivity contribution is 7.86. The maximum atomic E-state index is 13.4. The molecule has 2 saturated heterocycles. The molecule has 38 heavy (non-hydrogen) atoms. The SMILES string of the molecule is CO[C@H]1O[C@@H]2CO[C@@H](c3ccccc3)O[C@H]2[C@H](OS(=O)(=O)c2ccc(C)cc2)[C@H]1OC(=O)c1ccccc1. The molecule has 0 aliphatic carbocycles. The second kappa shape index (κ2) is 11.3. The fourth-order valence-corrected chi connectivity index (χ4v) is 5.52. The molecule has 0 saturated carbocycles. The Morgan fingerprint density at radius 3 is 2.18 bits per heavy atom. The Morgan fingerprint density at radius 2 is 1.53 bits per heavy atom. The van der Waals surface area contributed by atoms with Gasteiger partial charge in [-0.3, -0.25) is 4.18 Å². The molecular weight excluding hydrogens is 512 g/mol. The molecule has 2 aliphatic rings. The molecule has 10 heteroatoms. The molecule has 0 bridgehead atoms. The standard InChI is InChI=1S/C28H28O9S/c1-18-13-15-21(16-14-18)38(30,31)37-24-23-22(17-33-27(36-23)20-11-7-4-8-12-20)34-28(32-2)25(24)35-26(29)19-9-5-3-6-10-19/h3-16,22-25,27-28H,17H2,1-2H3/t22-,23-,24+,25-,27-,28+/m1/s1. The topological polar surface area (TPSA) is 107 Å². The molecule has 0 N–H and O–H groups in total. The van der Waals surface area contributed by atoms with Gasteiger partial charge in [0.1, 0.15) is 18.3 Å². The van der Waals surface area contributed by atoms with E-state index < -0.39 is 53.1 Å². The molecule has 3 aromatic rings. The highest BCUT2D eigenvalue weighted by Gasteiger charge is 2.54. The summed E-state index contributed by atoms with van der Waals surface area (Å²) in [6.07, 6.45) is -6.23. The molecule has 200 valence electrons. The van der Waals surface area contributed by atoms with Gasteiger partial charge in [0.15, 0.2) is 18.7 Å². The quantitative estimate of drug-likeness (QED) is 0.327. The molecule has 0 radical (unpaired) electrons. The number of hydrogen-bond donors (Lipinski definition) is 0. The first-order valence-corrected chi connectivity index (χ1v) is 13.5. The predicted molar refractivity (Wildman–Crippen MR) is 135 cm³/mol. The van der Waals surface area contributed by atoms with Crippen LogP contribution in [0.5, 0.6) is 0 Å². The van der Waals surface area contributed by atoms with Crippen LogP contribution in [0.25, 0.3) is 0 Å². The highest BCUT2D eigenvalue weighted by atomic mass is 32.2. The van der Waals surface area contributed by atoms with Crippen molar-refractivity contribution in [3.8, 4) is 0 Å². The lowest BCUT2D eigenvalue weighted by molar-refractivity contribution is -0.353. The number of fused-ring (bicyclic) bond motifs is 1. The van der Waals surface area contributed by atoms with Gasteiger partial charge in [0.25, 0.3) is 10.1 Å². The molecule has 0 amide bonds. The molecule has 6 atom stereocenters. The molecule has 2 fully saturated rings. The summed E-state index contributed by atoms with van der Waals surface area (Å²) in [5.41, 5.74) is 1.90. The first-order chi connectivity index (χ1) is 18.4. The molecular formula is C28H28O9S. The minimum absolute atomic E-state index is 0.0417. The third kappa shape index (κ3) is 5.65. The van der Waals surface area contributed by atoms with Gasteiger partial charge in [0, 0.05) is 12.7 Å². The number of methoxy groups -OCH3 is 1. The van der Waals surface area contributed by atoms with E-state index in [0.717, 1.165) is 11.1 Å². The van der Waals surface area contributed by atoms with Crippen LogP contribution in [0.15, 0.2) is 89.8 Å². The van der Waals surface area contributed by atoms with Gasteiger partial charge in [-0.15, -0.1) is 0 Å². The number of benzene rings is 3. The minimum Gasteiger partial charge on any atom is -0.450 e. The number of esters is 1. The van der Waals surface area contributed by atoms with Crippen molar-refractivity contribution in [2.24, 2.45) is 0 Å². The van der Waals surface area contributed by atoms with Gasteiger partial charge >= 0.3 is 5.97 Å². The first-order valence-electron chi connectivity index (χ1n) is 12.1. The zero-order chi connectivity index (χ0) is 26.7.